The molecule has 0 saturated heterocycles. The molecule has 0 aliphatic heterocycles. The molecule has 0 aliphatic rings. The topological polar surface area (TPSA) is 86.8 Å². The highest BCUT2D eigenvalue weighted by molar-refractivity contribution is 7.92. The number of carbonyl (C=O) groups excluding carboxylic acids is 2. The Kier molecular flexibility index (Phi) is 10.9. The van der Waals surface area contributed by atoms with Crippen LogP contribution in [0, 0.1) is 6.92 Å². The molecule has 214 valence electrons. The summed E-state index contributed by atoms with van der Waals surface area (Å²) < 4.78 is 29.0. The molecule has 0 aliphatic carbocycles. The summed E-state index contributed by atoms with van der Waals surface area (Å²) in [6, 6.07) is 22.3. The normalized spacial score (nSPS) is 12.2. The molecule has 3 aromatic rings. The van der Waals surface area contributed by atoms with Gasteiger partial charge in [0, 0.05) is 13.1 Å². The van der Waals surface area contributed by atoms with Crippen LogP contribution >= 0.6 is 0 Å². The fourth-order valence-electron chi connectivity index (χ4n) is 4.53. The van der Waals surface area contributed by atoms with E-state index in [1.165, 1.54) is 17.0 Å². The maximum Gasteiger partial charge on any atom is 0.264 e. The van der Waals surface area contributed by atoms with E-state index in [9.17, 15) is 18.0 Å². The molecule has 3 aromatic carbocycles. The second-order valence-electron chi connectivity index (χ2n) is 10.2. The van der Waals surface area contributed by atoms with Gasteiger partial charge in [-0.25, -0.2) is 8.42 Å². The number of amides is 2. The first-order valence-electron chi connectivity index (χ1n) is 13.9. The van der Waals surface area contributed by atoms with Crippen LogP contribution in [0.4, 0.5) is 5.69 Å². The van der Waals surface area contributed by atoms with Crippen molar-refractivity contribution in [3.05, 3.63) is 95.6 Å². The molecular weight excluding hydrogens is 522 g/mol. The van der Waals surface area contributed by atoms with Gasteiger partial charge in [0.2, 0.25) is 11.8 Å². The van der Waals surface area contributed by atoms with Crippen LogP contribution in [0.25, 0.3) is 0 Å². The van der Waals surface area contributed by atoms with Crippen molar-refractivity contribution in [2.45, 2.75) is 70.9 Å². The second-order valence-corrected chi connectivity index (χ2v) is 12.1. The fraction of sp³-hybridized carbons (Fsp3) is 0.375. The maximum atomic E-state index is 14.1. The number of aryl methyl sites for hydroxylation is 1. The first kappa shape index (κ1) is 30.9. The Morgan fingerprint density at radius 3 is 2.08 bits per heavy atom. The largest absolute Gasteiger partial charge is 0.354 e. The molecule has 1 N–H and O–H groups in total. The van der Waals surface area contributed by atoms with Gasteiger partial charge >= 0.3 is 0 Å². The van der Waals surface area contributed by atoms with E-state index in [1.807, 2.05) is 57.2 Å². The SMILES string of the molecule is CCCNC(=O)[C@H](CC)N(Cc1ccccc1C)C(=O)CN(c1ccc(C(C)C)cc1)S(=O)(=O)c1ccccc1. The number of hydrogen-bond donors (Lipinski definition) is 1. The van der Waals surface area contributed by atoms with Gasteiger partial charge in [0.25, 0.3) is 10.0 Å². The molecule has 0 unspecified atom stereocenters. The van der Waals surface area contributed by atoms with E-state index in [0.717, 1.165) is 27.4 Å². The summed E-state index contributed by atoms with van der Waals surface area (Å²) >= 11 is 0. The molecule has 3 rings (SSSR count). The molecule has 8 heteroatoms. The molecule has 0 bridgehead atoms. The van der Waals surface area contributed by atoms with Crippen molar-refractivity contribution in [3.8, 4) is 0 Å². The Bertz CT molecular complexity index is 1370. The molecule has 7 nitrogen and oxygen atoms in total. The summed E-state index contributed by atoms with van der Waals surface area (Å²) in [5.74, 6) is -0.425. The van der Waals surface area contributed by atoms with Crippen LogP contribution in [0.1, 0.15) is 63.1 Å². The molecule has 0 aromatic heterocycles. The zero-order valence-corrected chi connectivity index (χ0v) is 24.9. The van der Waals surface area contributed by atoms with Crippen LogP contribution in [0.5, 0.6) is 0 Å². The third-order valence-electron chi connectivity index (χ3n) is 6.99. The van der Waals surface area contributed by atoms with E-state index in [1.54, 1.807) is 30.3 Å². The summed E-state index contributed by atoms with van der Waals surface area (Å²) in [5, 5.41) is 2.91. The van der Waals surface area contributed by atoms with Crippen LogP contribution in [-0.2, 0) is 26.2 Å². The predicted molar refractivity (Wildman–Crippen MR) is 161 cm³/mol. The Labute approximate surface area is 239 Å². The van der Waals surface area contributed by atoms with Crippen LogP contribution in [0.3, 0.4) is 0 Å². The monoisotopic (exact) mass is 563 g/mol. The Morgan fingerprint density at radius 2 is 1.50 bits per heavy atom. The molecule has 0 radical (unpaired) electrons. The fourth-order valence-corrected chi connectivity index (χ4v) is 5.97. The van der Waals surface area contributed by atoms with Gasteiger partial charge in [-0.2, -0.15) is 0 Å². The molecule has 2 amide bonds. The standard InChI is InChI=1S/C32H41N3O4S/c1-6-21-33-32(37)30(7-2)34(22-27-14-12-11-13-25(27)5)31(36)23-35(28-19-17-26(18-20-28)24(3)4)40(38,39)29-15-9-8-10-16-29/h8-20,24,30H,6-7,21-23H2,1-5H3,(H,33,37)/t30-/m0/s1. The van der Waals surface area contributed by atoms with Crippen molar-refractivity contribution in [2.75, 3.05) is 17.4 Å². The number of anilines is 1. The number of hydrogen-bond acceptors (Lipinski definition) is 4. The second kappa shape index (κ2) is 14.1. The van der Waals surface area contributed by atoms with Crippen LogP contribution in [0.15, 0.2) is 83.8 Å². The number of nitrogens with zero attached hydrogens (tertiary/aromatic N) is 2. The van der Waals surface area contributed by atoms with Gasteiger partial charge in [-0.3, -0.25) is 13.9 Å². The van der Waals surface area contributed by atoms with Gasteiger partial charge in [-0.1, -0.05) is 82.3 Å². The molecule has 1 atom stereocenters. The molecule has 0 fully saturated rings. The van der Waals surface area contributed by atoms with Crippen molar-refractivity contribution >= 4 is 27.5 Å². The minimum atomic E-state index is -4.08. The number of sulfonamides is 1. The summed E-state index contributed by atoms with van der Waals surface area (Å²) in [5.41, 5.74) is 3.34. The van der Waals surface area contributed by atoms with Crippen molar-refractivity contribution in [2.24, 2.45) is 0 Å². The predicted octanol–water partition coefficient (Wildman–Crippen LogP) is 5.65. The average molecular weight is 564 g/mol. The van der Waals surface area contributed by atoms with E-state index in [4.69, 9.17) is 0 Å². The van der Waals surface area contributed by atoms with E-state index in [2.05, 4.69) is 19.2 Å². The number of carbonyl (C=O) groups is 2. The third kappa shape index (κ3) is 7.50. The summed E-state index contributed by atoms with van der Waals surface area (Å²) in [6.45, 7) is 10.2. The Morgan fingerprint density at radius 1 is 0.875 bits per heavy atom. The summed E-state index contributed by atoms with van der Waals surface area (Å²) in [4.78, 5) is 28.9. The number of benzene rings is 3. The zero-order chi connectivity index (χ0) is 29.3. The van der Waals surface area contributed by atoms with Crippen molar-refractivity contribution in [1.82, 2.24) is 10.2 Å². The maximum absolute atomic E-state index is 14.1. The molecule has 40 heavy (non-hydrogen) atoms. The van der Waals surface area contributed by atoms with Crippen LogP contribution in [0.2, 0.25) is 0 Å². The van der Waals surface area contributed by atoms with Gasteiger partial charge in [0.05, 0.1) is 10.6 Å². The minimum Gasteiger partial charge on any atom is -0.354 e. The first-order chi connectivity index (χ1) is 19.1. The van der Waals surface area contributed by atoms with Gasteiger partial charge in [0.1, 0.15) is 12.6 Å². The molecular formula is C32H41N3O4S. The van der Waals surface area contributed by atoms with Crippen LogP contribution in [-0.4, -0.2) is 44.3 Å². The highest BCUT2D eigenvalue weighted by Gasteiger charge is 2.33. The summed E-state index contributed by atoms with van der Waals surface area (Å²) in [7, 11) is -4.08. The lowest BCUT2D eigenvalue weighted by atomic mass is 10.0. The average Bonchev–Trinajstić information content (AvgIpc) is 2.96. The lowest BCUT2D eigenvalue weighted by Gasteiger charge is -2.33. The van der Waals surface area contributed by atoms with Gasteiger partial charge in [-0.15, -0.1) is 0 Å². The highest BCUT2D eigenvalue weighted by Crippen LogP contribution is 2.27. The van der Waals surface area contributed by atoms with Gasteiger partial charge in [0.15, 0.2) is 0 Å². The Balaban J connectivity index is 2.06. The molecule has 0 spiro atoms. The van der Waals surface area contributed by atoms with E-state index in [0.29, 0.717) is 18.7 Å². The van der Waals surface area contributed by atoms with E-state index >= 15 is 0 Å². The lowest BCUT2D eigenvalue weighted by Crippen LogP contribution is -2.52. The number of nitrogens with one attached hydrogen (secondary N) is 1. The first-order valence-corrected chi connectivity index (χ1v) is 15.3. The van der Waals surface area contributed by atoms with Gasteiger partial charge < -0.3 is 10.2 Å². The zero-order valence-electron chi connectivity index (χ0n) is 24.1. The smallest absolute Gasteiger partial charge is 0.264 e. The molecule has 0 heterocycles. The van der Waals surface area contributed by atoms with Crippen LogP contribution < -0.4 is 9.62 Å². The third-order valence-corrected chi connectivity index (χ3v) is 8.78. The molecule has 0 saturated carbocycles. The Hall–Kier alpha value is -3.65. The summed E-state index contributed by atoms with van der Waals surface area (Å²) in [6.07, 6.45) is 1.16. The van der Waals surface area contributed by atoms with Crippen molar-refractivity contribution in [3.63, 3.8) is 0 Å². The van der Waals surface area contributed by atoms with Gasteiger partial charge in [-0.05, 0) is 66.6 Å². The lowest BCUT2D eigenvalue weighted by molar-refractivity contribution is -0.140. The van der Waals surface area contributed by atoms with E-state index < -0.39 is 28.5 Å². The quantitative estimate of drug-likeness (QED) is 0.291. The number of rotatable bonds is 13. The van der Waals surface area contributed by atoms with Crippen molar-refractivity contribution in [1.29, 1.82) is 0 Å². The minimum absolute atomic E-state index is 0.0916. The van der Waals surface area contributed by atoms with Crippen molar-refractivity contribution < 1.29 is 18.0 Å². The van der Waals surface area contributed by atoms with E-state index in [-0.39, 0.29) is 23.3 Å². The highest BCUT2D eigenvalue weighted by atomic mass is 32.2.